The highest BCUT2D eigenvalue weighted by Crippen LogP contribution is 1.99. The topological polar surface area (TPSA) is 21.3 Å². The first-order chi connectivity index (χ1) is 6.31. The fourth-order valence-electron chi connectivity index (χ4n) is 1.09. The molecular weight excluding hydrogens is 186 g/mol. The van der Waals surface area contributed by atoms with Gasteiger partial charge in [0.2, 0.25) is 0 Å². The van der Waals surface area contributed by atoms with E-state index in [1.165, 1.54) is 19.3 Å². The Morgan fingerprint density at radius 3 is 2.54 bits per heavy atom. The van der Waals surface area contributed by atoms with Gasteiger partial charge < -0.3 is 10.1 Å². The van der Waals surface area contributed by atoms with Gasteiger partial charge >= 0.3 is 0 Å². The van der Waals surface area contributed by atoms with E-state index in [0.29, 0.717) is 6.10 Å². The van der Waals surface area contributed by atoms with Crippen LogP contribution in [0.2, 0.25) is 0 Å². The normalized spacial score (nSPS) is 13.2. The third kappa shape index (κ3) is 10.1. The highest BCUT2D eigenvalue weighted by molar-refractivity contribution is 6.17. The van der Waals surface area contributed by atoms with E-state index < -0.39 is 0 Å². The fraction of sp³-hybridized carbons (Fsp3) is 1.00. The molecule has 1 unspecified atom stereocenters. The van der Waals surface area contributed by atoms with E-state index in [0.717, 1.165) is 25.4 Å². The number of unbranched alkanes of at least 4 members (excludes halogenated alkanes) is 3. The van der Waals surface area contributed by atoms with Crippen molar-refractivity contribution < 1.29 is 4.74 Å². The van der Waals surface area contributed by atoms with Crippen LogP contribution in [0.4, 0.5) is 0 Å². The predicted octanol–water partition coefficient (Wildman–Crippen LogP) is 2.41. The zero-order valence-electron chi connectivity index (χ0n) is 8.81. The van der Waals surface area contributed by atoms with Crippen LogP contribution in [-0.4, -0.2) is 32.2 Å². The summed E-state index contributed by atoms with van der Waals surface area (Å²) in [5.74, 6) is 0.800. The zero-order chi connectivity index (χ0) is 9.94. The summed E-state index contributed by atoms with van der Waals surface area (Å²) in [6.45, 7) is 4.11. The summed E-state index contributed by atoms with van der Waals surface area (Å²) in [7, 11) is 1.74. The van der Waals surface area contributed by atoms with Crippen molar-refractivity contribution in [2.75, 3.05) is 26.1 Å². The maximum atomic E-state index is 5.57. The van der Waals surface area contributed by atoms with Crippen molar-refractivity contribution in [3.05, 3.63) is 0 Å². The summed E-state index contributed by atoms with van der Waals surface area (Å²) in [5, 5.41) is 3.36. The molecule has 0 aromatic rings. The lowest BCUT2D eigenvalue weighted by Gasteiger charge is -2.10. The van der Waals surface area contributed by atoms with E-state index in [4.69, 9.17) is 16.3 Å². The molecule has 0 fully saturated rings. The number of nitrogens with one attached hydrogen (secondary N) is 1. The number of rotatable bonds is 9. The number of ether oxygens (including phenoxy) is 1. The van der Waals surface area contributed by atoms with Crippen molar-refractivity contribution in [3.63, 3.8) is 0 Å². The molecule has 0 aliphatic rings. The Bertz CT molecular complexity index is 101. The number of hydrogen-bond acceptors (Lipinski definition) is 2. The van der Waals surface area contributed by atoms with Gasteiger partial charge in [0.25, 0.3) is 0 Å². The maximum absolute atomic E-state index is 5.57. The molecule has 0 aliphatic heterocycles. The van der Waals surface area contributed by atoms with Crippen molar-refractivity contribution in [1.29, 1.82) is 0 Å². The Balaban J connectivity index is 2.91. The molecule has 0 radical (unpaired) electrons. The largest absolute Gasteiger partial charge is 0.380 e. The number of alkyl halides is 1. The van der Waals surface area contributed by atoms with Crippen LogP contribution in [0.15, 0.2) is 0 Å². The molecule has 0 saturated carbocycles. The Labute approximate surface area is 87.0 Å². The second kappa shape index (κ2) is 10.3. The highest BCUT2D eigenvalue weighted by Gasteiger charge is 1.96. The monoisotopic (exact) mass is 207 g/mol. The van der Waals surface area contributed by atoms with Gasteiger partial charge in [-0.1, -0.05) is 12.8 Å². The van der Waals surface area contributed by atoms with E-state index in [9.17, 15) is 0 Å². The van der Waals surface area contributed by atoms with Gasteiger partial charge in [0.1, 0.15) is 0 Å². The Morgan fingerprint density at radius 1 is 1.23 bits per heavy atom. The lowest BCUT2D eigenvalue weighted by molar-refractivity contribution is 0.117. The van der Waals surface area contributed by atoms with Gasteiger partial charge in [-0.05, 0) is 26.3 Å². The van der Waals surface area contributed by atoms with Crippen molar-refractivity contribution in [1.82, 2.24) is 5.32 Å². The van der Waals surface area contributed by atoms with Crippen LogP contribution in [0.1, 0.15) is 32.6 Å². The lowest BCUT2D eigenvalue weighted by atomic mass is 10.2. The average molecular weight is 208 g/mol. The molecule has 0 rings (SSSR count). The molecule has 13 heavy (non-hydrogen) atoms. The van der Waals surface area contributed by atoms with Gasteiger partial charge in [0, 0.05) is 19.5 Å². The third-order valence-electron chi connectivity index (χ3n) is 2.07. The molecule has 80 valence electrons. The van der Waals surface area contributed by atoms with Crippen molar-refractivity contribution >= 4 is 11.6 Å². The van der Waals surface area contributed by atoms with Crippen LogP contribution < -0.4 is 5.32 Å². The first-order valence-corrected chi connectivity index (χ1v) is 5.64. The van der Waals surface area contributed by atoms with E-state index in [1.807, 2.05) is 0 Å². The molecule has 0 aromatic heterocycles. The van der Waals surface area contributed by atoms with Crippen molar-refractivity contribution in [3.8, 4) is 0 Å². The van der Waals surface area contributed by atoms with Gasteiger partial charge in [-0.3, -0.25) is 0 Å². The minimum absolute atomic E-state index is 0.322. The summed E-state index contributed by atoms with van der Waals surface area (Å²) in [6, 6.07) is 0. The summed E-state index contributed by atoms with van der Waals surface area (Å²) >= 11 is 5.57. The standard InChI is InChI=1S/C10H22ClNO/c1-10(13-2)9-12-8-6-4-3-5-7-11/h10,12H,3-9H2,1-2H3. The summed E-state index contributed by atoms with van der Waals surface area (Å²) < 4.78 is 5.12. The fourth-order valence-corrected chi connectivity index (χ4v) is 1.28. The molecule has 0 aromatic carbocycles. The highest BCUT2D eigenvalue weighted by atomic mass is 35.5. The maximum Gasteiger partial charge on any atom is 0.0667 e. The number of methoxy groups -OCH3 is 1. The molecule has 0 saturated heterocycles. The molecule has 1 atom stereocenters. The second-order valence-electron chi connectivity index (χ2n) is 3.35. The Hall–Kier alpha value is 0.210. The summed E-state index contributed by atoms with van der Waals surface area (Å²) in [5.41, 5.74) is 0. The predicted molar refractivity (Wildman–Crippen MR) is 58.5 cm³/mol. The van der Waals surface area contributed by atoms with Crippen LogP contribution >= 0.6 is 11.6 Å². The first kappa shape index (κ1) is 13.2. The van der Waals surface area contributed by atoms with Crippen molar-refractivity contribution in [2.24, 2.45) is 0 Å². The van der Waals surface area contributed by atoms with Crippen molar-refractivity contribution in [2.45, 2.75) is 38.7 Å². The van der Waals surface area contributed by atoms with Gasteiger partial charge in [-0.25, -0.2) is 0 Å². The minimum Gasteiger partial charge on any atom is -0.380 e. The molecule has 1 N–H and O–H groups in total. The third-order valence-corrected chi connectivity index (χ3v) is 2.34. The molecule has 0 amide bonds. The van der Waals surface area contributed by atoms with Crippen LogP contribution in [0.5, 0.6) is 0 Å². The Kier molecular flexibility index (Phi) is 10.5. The molecule has 3 heteroatoms. The van der Waals surface area contributed by atoms with E-state index in [2.05, 4.69) is 12.2 Å². The van der Waals surface area contributed by atoms with E-state index in [1.54, 1.807) is 7.11 Å². The van der Waals surface area contributed by atoms with Gasteiger partial charge in [-0.2, -0.15) is 0 Å². The SMILES string of the molecule is COC(C)CNCCCCCCCl. The second-order valence-corrected chi connectivity index (χ2v) is 3.73. The lowest BCUT2D eigenvalue weighted by Crippen LogP contribution is -2.26. The van der Waals surface area contributed by atoms with Crippen LogP contribution in [0, 0.1) is 0 Å². The molecule has 0 spiro atoms. The first-order valence-electron chi connectivity index (χ1n) is 5.10. The minimum atomic E-state index is 0.322. The van der Waals surface area contributed by atoms with Gasteiger partial charge in [0.15, 0.2) is 0 Å². The average Bonchev–Trinajstić information content (AvgIpc) is 2.16. The van der Waals surface area contributed by atoms with Gasteiger partial charge in [-0.15, -0.1) is 11.6 Å². The number of halogens is 1. The van der Waals surface area contributed by atoms with E-state index >= 15 is 0 Å². The Morgan fingerprint density at radius 2 is 1.92 bits per heavy atom. The molecule has 0 aliphatic carbocycles. The van der Waals surface area contributed by atoms with E-state index in [-0.39, 0.29) is 0 Å². The number of hydrogen-bond donors (Lipinski definition) is 1. The molecule has 0 heterocycles. The molecule has 0 bridgehead atoms. The summed E-state index contributed by atoms with van der Waals surface area (Å²) in [6.07, 6.45) is 5.25. The smallest absolute Gasteiger partial charge is 0.0667 e. The van der Waals surface area contributed by atoms with Gasteiger partial charge in [0.05, 0.1) is 6.10 Å². The zero-order valence-corrected chi connectivity index (χ0v) is 9.57. The summed E-state index contributed by atoms with van der Waals surface area (Å²) in [4.78, 5) is 0. The quantitative estimate of drug-likeness (QED) is 0.463. The van der Waals surface area contributed by atoms with Crippen LogP contribution in [0.3, 0.4) is 0 Å². The van der Waals surface area contributed by atoms with Crippen LogP contribution in [-0.2, 0) is 4.74 Å². The molecular formula is C10H22ClNO. The van der Waals surface area contributed by atoms with Crippen LogP contribution in [0.25, 0.3) is 0 Å². The molecule has 2 nitrogen and oxygen atoms in total.